The van der Waals surface area contributed by atoms with Crippen LogP contribution < -0.4 is 0 Å². The summed E-state index contributed by atoms with van der Waals surface area (Å²) in [6.07, 6.45) is 3.38. The van der Waals surface area contributed by atoms with E-state index >= 15 is 0 Å². The highest BCUT2D eigenvalue weighted by atomic mass is 14.2. The Morgan fingerprint density at radius 1 is 0.667 bits per heavy atom. The van der Waals surface area contributed by atoms with Gasteiger partial charge in [0.1, 0.15) is 0 Å². The zero-order valence-corrected chi connectivity index (χ0v) is 14.6. The van der Waals surface area contributed by atoms with Gasteiger partial charge in [-0.25, -0.2) is 0 Å². The second-order valence-electron chi connectivity index (χ2n) is 4.87. The standard InChI is InChI=1S/C17H18.2C2H6/c1-3-12-5-7-16-14(9-12)11-15-10-13(4-2)6-8-17(15)16;2*1-2/h5-10H,3-4,11H2,1-2H3;2*1-2H3. The lowest BCUT2D eigenvalue weighted by molar-refractivity contribution is 1.11. The first-order valence-electron chi connectivity index (χ1n) is 8.55. The highest BCUT2D eigenvalue weighted by molar-refractivity contribution is 5.77. The molecule has 0 amide bonds. The van der Waals surface area contributed by atoms with Gasteiger partial charge in [-0.3, -0.25) is 0 Å². The Morgan fingerprint density at radius 2 is 1.05 bits per heavy atom. The minimum Gasteiger partial charge on any atom is -0.0683 e. The molecule has 114 valence electrons. The molecule has 0 nitrogen and oxygen atoms in total. The summed E-state index contributed by atoms with van der Waals surface area (Å²) in [6, 6.07) is 13.9. The predicted molar refractivity (Wildman–Crippen MR) is 96.1 cm³/mol. The van der Waals surface area contributed by atoms with E-state index in [9.17, 15) is 0 Å². The number of rotatable bonds is 2. The van der Waals surface area contributed by atoms with E-state index in [4.69, 9.17) is 0 Å². The Hall–Kier alpha value is -1.56. The lowest BCUT2D eigenvalue weighted by Crippen LogP contribution is -1.85. The van der Waals surface area contributed by atoms with Crippen LogP contribution in [0.15, 0.2) is 36.4 Å². The average molecular weight is 282 g/mol. The lowest BCUT2D eigenvalue weighted by Gasteiger charge is -2.04. The largest absolute Gasteiger partial charge is 0.0683 e. The van der Waals surface area contributed by atoms with Crippen LogP contribution in [0.5, 0.6) is 0 Å². The monoisotopic (exact) mass is 282 g/mol. The number of hydrogen-bond donors (Lipinski definition) is 0. The van der Waals surface area contributed by atoms with Crippen LogP contribution in [0, 0.1) is 0 Å². The van der Waals surface area contributed by atoms with E-state index in [0.29, 0.717) is 0 Å². The second-order valence-corrected chi connectivity index (χ2v) is 4.87. The number of fused-ring (bicyclic) bond motifs is 3. The fourth-order valence-electron chi connectivity index (χ4n) is 2.76. The summed E-state index contributed by atoms with van der Waals surface area (Å²) in [5.41, 5.74) is 8.81. The van der Waals surface area contributed by atoms with E-state index in [2.05, 4.69) is 50.2 Å². The summed E-state index contributed by atoms with van der Waals surface area (Å²) < 4.78 is 0. The predicted octanol–water partition coefficient (Wildman–Crippen LogP) is 6.44. The third kappa shape index (κ3) is 3.75. The van der Waals surface area contributed by atoms with Gasteiger partial charge in [-0.2, -0.15) is 0 Å². The maximum absolute atomic E-state index is 2.38. The first-order valence-corrected chi connectivity index (χ1v) is 8.55. The normalized spacial score (nSPS) is 10.6. The molecule has 21 heavy (non-hydrogen) atoms. The van der Waals surface area contributed by atoms with Crippen molar-refractivity contribution < 1.29 is 0 Å². The molecule has 0 spiro atoms. The Labute approximate surface area is 131 Å². The van der Waals surface area contributed by atoms with Crippen LogP contribution in [-0.2, 0) is 19.3 Å². The highest BCUT2D eigenvalue weighted by Crippen LogP contribution is 2.37. The molecule has 0 saturated carbocycles. The third-order valence-electron chi connectivity index (χ3n) is 3.83. The van der Waals surface area contributed by atoms with Crippen molar-refractivity contribution in [3.8, 4) is 11.1 Å². The fraction of sp³-hybridized carbons (Fsp3) is 0.429. The molecule has 0 unspecified atom stereocenters. The second kappa shape index (κ2) is 8.67. The van der Waals surface area contributed by atoms with Gasteiger partial charge in [0.15, 0.2) is 0 Å². The van der Waals surface area contributed by atoms with E-state index in [1.54, 1.807) is 0 Å². The van der Waals surface area contributed by atoms with Crippen molar-refractivity contribution in [2.75, 3.05) is 0 Å². The van der Waals surface area contributed by atoms with Crippen LogP contribution in [0.1, 0.15) is 63.8 Å². The molecular weight excluding hydrogens is 252 g/mol. The van der Waals surface area contributed by atoms with Crippen molar-refractivity contribution in [2.24, 2.45) is 0 Å². The molecule has 0 fully saturated rings. The number of benzene rings is 2. The lowest BCUT2D eigenvalue weighted by atomic mass is 10.0. The van der Waals surface area contributed by atoms with Gasteiger partial charge in [0.25, 0.3) is 0 Å². The maximum Gasteiger partial charge on any atom is -0.00133 e. The van der Waals surface area contributed by atoms with Crippen molar-refractivity contribution in [3.63, 3.8) is 0 Å². The molecule has 0 bridgehead atoms. The van der Waals surface area contributed by atoms with Gasteiger partial charge >= 0.3 is 0 Å². The fourth-order valence-corrected chi connectivity index (χ4v) is 2.76. The SMILES string of the molecule is CC.CC.CCc1ccc2c(c1)Cc1cc(CC)ccc1-2. The molecule has 2 aromatic carbocycles. The van der Waals surface area contributed by atoms with E-state index in [-0.39, 0.29) is 0 Å². The Bertz CT molecular complexity index is 513. The smallest absolute Gasteiger partial charge is 0.00133 e. The van der Waals surface area contributed by atoms with Crippen LogP contribution in [0.25, 0.3) is 11.1 Å². The summed E-state index contributed by atoms with van der Waals surface area (Å²) in [6.45, 7) is 12.4. The quantitative estimate of drug-likeness (QED) is 0.507. The van der Waals surface area contributed by atoms with Gasteiger partial charge in [0.05, 0.1) is 0 Å². The molecule has 0 N–H and O–H groups in total. The van der Waals surface area contributed by atoms with E-state index < -0.39 is 0 Å². The molecule has 2 aromatic rings. The van der Waals surface area contributed by atoms with Crippen molar-refractivity contribution in [1.29, 1.82) is 0 Å². The minimum absolute atomic E-state index is 1.12. The summed E-state index contributed by atoms with van der Waals surface area (Å²) in [5, 5.41) is 0. The third-order valence-corrected chi connectivity index (χ3v) is 3.83. The Kier molecular flexibility index (Phi) is 7.22. The molecule has 1 aliphatic rings. The van der Waals surface area contributed by atoms with Gasteiger partial charge in [0, 0.05) is 0 Å². The van der Waals surface area contributed by atoms with Gasteiger partial charge < -0.3 is 0 Å². The zero-order valence-electron chi connectivity index (χ0n) is 14.6. The molecule has 0 saturated heterocycles. The first-order chi connectivity index (χ1) is 10.3. The van der Waals surface area contributed by atoms with Gasteiger partial charge in [0.2, 0.25) is 0 Å². The van der Waals surface area contributed by atoms with Crippen LogP contribution in [0.3, 0.4) is 0 Å². The van der Waals surface area contributed by atoms with E-state index in [1.807, 2.05) is 27.7 Å². The van der Waals surface area contributed by atoms with Crippen LogP contribution in [-0.4, -0.2) is 0 Å². The van der Waals surface area contributed by atoms with Crippen molar-refractivity contribution in [1.82, 2.24) is 0 Å². The molecule has 0 heteroatoms. The maximum atomic E-state index is 2.38. The van der Waals surface area contributed by atoms with Crippen LogP contribution in [0.4, 0.5) is 0 Å². The van der Waals surface area contributed by atoms with Crippen molar-refractivity contribution >= 4 is 0 Å². The summed E-state index contributed by atoms with van der Waals surface area (Å²) in [5.74, 6) is 0. The molecule has 0 atom stereocenters. The van der Waals surface area contributed by atoms with Crippen molar-refractivity contribution in [2.45, 2.75) is 60.8 Å². The topological polar surface area (TPSA) is 0 Å². The summed E-state index contributed by atoms with van der Waals surface area (Å²) in [7, 11) is 0. The molecule has 0 aromatic heterocycles. The Morgan fingerprint density at radius 3 is 1.38 bits per heavy atom. The van der Waals surface area contributed by atoms with E-state index in [1.165, 1.54) is 33.4 Å². The molecule has 0 radical (unpaired) electrons. The summed E-state index contributed by atoms with van der Waals surface area (Å²) in [4.78, 5) is 0. The average Bonchev–Trinajstić information content (AvgIpc) is 2.94. The van der Waals surface area contributed by atoms with Gasteiger partial charge in [-0.15, -0.1) is 0 Å². The highest BCUT2D eigenvalue weighted by Gasteiger charge is 2.18. The number of hydrogen-bond acceptors (Lipinski definition) is 0. The van der Waals surface area contributed by atoms with Gasteiger partial charge in [-0.1, -0.05) is 77.9 Å². The molecule has 0 heterocycles. The Balaban J connectivity index is 0.000000510. The summed E-state index contributed by atoms with van der Waals surface area (Å²) >= 11 is 0. The van der Waals surface area contributed by atoms with Gasteiger partial charge in [-0.05, 0) is 52.6 Å². The van der Waals surface area contributed by atoms with Crippen molar-refractivity contribution in [3.05, 3.63) is 58.7 Å². The minimum atomic E-state index is 1.12. The molecule has 3 rings (SSSR count). The van der Waals surface area contributed by atoms with E-state index in [0.717, 1.165) is 19.3 Å². The molecule has 1 aliphatic carbocycles. The molecular formula is C21H30. The molecule has 0 aliphatic heterocycles. The van der Waals surface area contributed by atoms with Crippen LogP contribution >= 0.6 is 0 Å². The van der Waals surface area contributed by atoms with Crippen LogP contribution in [0.2, 0.25) is 0 Å². The zero-order chi connectivity index (χ0) is 15.8. The first kappa shape index (κ1) is 17.5. The number of aryl methyl sites for hydroxylation is 2.